The largest absolute Gasteiger partial charge is 0.459 e. The molecular formula is C24H22N2O5. The highest BCUT2D eigenvalue weighted by Gasteiger charge is 2.13. The summed E-state index contributed by atoms with van der Waals surface area (Å²) in [6, 6.07) is 20.2. The molecule has 0 aliphatic heterocycles. The lowest BCUT2D eigenvalue weighted by molar-refractivity contribution is -0.142. The maximum atomic E-state index is 12.1. The minimum Gasteiger partial charge on any atom is -0.459 e. The van der Waals surface area contributed by atoms with Crippen LogP contribution < -0.4 is 0 Å². The van der Waals surface area contributed by atoms with Crippen molar-refractivity contribution in [3.8, 4) is 0 Å². The van der Waals surface area contributed by atoms with Gasteiger partial charge in [0.1, 0.15) is 19.3 Å². The molecule has 0 heterocycles. The molecule has 31 heavy (non-hydrogen) atoms. The molecule has 0 aromatic heterocycles. The SMILES string of the molecule is C=C(C)C(=O)OCC(O)COC(=O)c1ccc(N=Nc2ccc3ccccc3c2)cc1. The van der Waals surface area contributed by atoms with Gasteiger partial charge in [0.05, 0.1) is 16.9 Å². The monoisotopic (exact) mass is 418 g/mol. The van der Waals surface area contributed by atoms with Crippen molar-refractivity contribution >= 4 is 34.1 Å². The first-order valence-corrected chi connectivity index (χ1v) is 9.61. The molecule has 1 unspecified atom stereocenters. The smallest absolute Gasteiger partial charge is 0.338 e. The fourth-order valence-electron chi connectivity index (χ4n) is 2.62. The van der Waals surface area contributed by atoms with Crippen molar-refractivity contribution in [3.63, 3.8) is 0 Å². The van der Waals surface area contributed by atoms with Crippen LogP contribution in [0.5, 0.6) is 0 Å². The number of benzene rings is 3. The number of rotatable bonds is 8. The Bertz CT molecular complexity index is 1120. The fraction of sp³-hybridized carbons (Fsp3) is 0.167. The Labute approximate surface area is 179 Å². The quantitative estimate of drug-likeness (QED) is 0.319. The van der Waals surface area contributed by atoms with Gasteiger partial charge in [0, 0.05) is 5.57 Å². The molecule has 3 aromatic rings. The maximum absolute atomic E-state index is 12.1. The number of fused-ring (bicyclic) bond motifs is 1. The Morgan fingerprint density at radius 3 is 2.23 bits per heavy atom. The first kappa shape index (κ1) is 21.9. The van der Waals surface area contributed by atoms with E-state index in [1.807, 2.05) is 42.5 Å². The summed E-state index contributed by atoms with van der Waals surface area (Å²) in [6.07, 6.45) is -1.12. The summed E-state index contributed by atoms with van der Waals surface area (Å²) in [7, 11) is 0. The topological polar surface area (TPSA) is 97.6 Å². The summed E-state index contributed by atoms with van der Waals surface area (Å²) < 4.78 is 9.84. The third-order valence-electron chi connectivity index (χ3n) is 4.28. The number of aliphatic hydroxyl groups excluding tert-OH is 1. The minimum atomic E-state index is -1.12. The van der Waals surface area contributed by atoms with Gasteiger partial charge >= 0.3 is 11.9 Å². The number of hydrogen-bond donors (Lipinski definition) is 1. The number of carbonyl (C=O) groups is 2. The predicted molar refractivity (Wildman–Crippen MR) is 117 cm³/mol. The predicted octanol–water partition coefficient (Wildman–Crippen LogP) is 4.89. The van der Waals surface area contributed by atoms with E-state index in [2.05, 4.69) is 16.8 Å². The van der Waals surface area contributed by atoms with Gasteiger partial charge in [-0.25, -0.2) is 9.59 Å². The van der Waals surface area contributed by atoms with E-state index in [1.54, 1.807) is 24.3 Å². The highest BCUT2D eigenvalue weighted by Crippen LogP contribution is 2.23. The van der Waals surface area contributed by atoms with Gasteiger partial charge in [-0.15, -0.1) is 0 Å². The minimum absolute atomic E-state index is 0.224. The number of ether oxygens (including phenoxy) is 2. The van der Waals surface area contributed by atoms with Crippen molar-refractivity contribution in [2.45, 2.75) is 13.0 Å². The Kier molecular flexibility index (Phi) is 7.24. The molecule has 158 valence electrons. The van der Waals surface area contributed by atoms with Crippen LogP contribution in [0.25, 0.3) is 10.8 Å². The average molecular weight is 418 g/mol. The Morgan fingerprint density at radius 1 is 0.903 bits per heavy atom. The lowest BCUT2D eigenvalue weighted by Crippen LogP contribution is -2.25. The van der Waals surface area contributed by atoms with E-state index in [4.69, 9.17) is 9.47 Å². The van der Waals surface area contributed by atoms with Crippen LogP contribution in [0.4, 0.5) is 11.4 Å². The van der Waals surface area contributed by atoms with Gasteiger partial charge in [-0.1, -0.05) is 36.9 Å². The van der Waals surface area contributed by atoms with Gasteiger partial charge in [-0.05, 0) is 54.1 Å². The summed E-state index contributed by atoms with van der Waals surface area (Å²) in [5.41, 5.74) is 1.83. The van der Waals surface area contributed by atoms with Crippen molar-refractivity contribution in [3.05, 3.63) is 84.4 Å². The van der Waals surface area contributed by atoms with Crippen LogP contribution in [0, 0.1) is 0 Å². The Morgan fingerprint density at radius 2 is 1.52 bits per heavy atom. The zero-order valence-corrected chi connectivity index (χ0v) is 17.0. The van der Waals surface area contributed by atoms with Crippen LogP contribution in [0.15, 0.2) is 89.1 Å². The van der Waals surface area contributed by atoms with Crippen LogP contribution in [0.3, 0.4) is 0 Å². The first-order valence-electron chi connectivity index (χ1n) is 9.61. The fourth-order valence-corrected chi connectivity index (χ4v) is 2.62. The molecule has 0 saturated heterocycles. The van der Waals surface area contributed by atoms with Crippen molar-refractivity contribution in [2.24, 2.45) is 10.2 Å². The van der Waals surface area contributed by atoms with E-state index in [9.17, 15) is 14.7 Å². The lowest BCUT2D eigenvalue weighted by Gasteiger charge is -2.12. The molecule has 3 rings (SSSR count). The molecule has 0 radical (unpaired) electrons. The zero-order chi connectivity index (χ0) is 22.2. The second-order valence-electron chi connectivity index (χ2n) is 6.91. The van der Waals surface area contributed by atoms with Crippen molar-refractivity contribution < 1.29 is 24.2 Å². The van der Waals surface area contributed by atoms with Gasteiger partial charge in [0.15, 0.2) is 0 Å². The highest BCUT2D eigenvalue weighted by molar-refractivity contribution is 5.90. The van der Waals surface area contributed by atoms with Crippen LogP contribution in [-0.2, 0) is 14.3 Å². The molecule has 7 heteroatoms. The van der Waals surface area contributed by atoms with Crippen LogP contribution >= 0.6 is 0 Å². The summed E-state index contributed by atoms with van der Waals surface area (Å²) >= 11 is 0. The van der Waals surface area contributed by atoms with Gasteiger partial charge in [0.2, 0.25) is 0 Å². The van der Waals surface area contributed by atoms with Gasteiger partial charge in [0.25, 0.3) is 0 Å². The van der Waals surface area contributed by atoms with E-state index >= 15 is 0 Å². The lowest BCUT2D eigenvalue weighted by atomic mass is 10.1. The van der Waals surface area contributed by atoms with E-state index in [0.717, 1.165) is 16.5 Å². The molecule has 1 atom stereocenters. The van der Waals surface area contributed by atoms with E-state index in [1.165, 1.54) is 6.92 Å². The summed E-state index contributed by atoms with van der Waals surface area (Å²) in [6.45, 7) is 4.36. The van der Waals surface area contributed by atoms with Gasteiger partial charge in [-0.2, -0.15) is 10.2 Å². The molecule has 0 aliphatic carbocycles. The second kappa shape index (κ2) is 10.3. The molecule has 0 spiro atoms. The van der Waals surface area contributed by atoms with E-state index in [0.29, 0.717) is 11.3 Å². The number of hydrogen-bond acceptors (Lipinski definition) is 7. The number of carbonyl (C=O) groups excluding carboxylic acids is 2. The maximum Gasteiger partial charge on any atom is 0.338 e. The Hall–Kier alpha value is -3.84. The van der Waals surface area contributed by atoms with Crippen molar-refractivity contribution in [1.29, 1.82) is 0 Å². The molecule has 0 saturated carbocycles. The van der Waals surface area contributed by atoms with Crippen molar-refractivity contribution in [2.75, 3.05) is 13.2 Å². The van der Waals surface area contributed by atoms with Gasteiger partial charge in [-0.3, -0.25) is 0 Å². The average Bonchev–Trinajstić information content (AvgIpc) is 2.79. The summed E-state index contributed by atoms with van der Waals surface area (Å²) in [5, 5.41) is 20.4. The Balaban J connectivity index is 1.52. The molecule has 7 nitrogen and oxygen atoms in total. The van der Waals surface area contributed by atoms with Crippen LogP contribution in [0.1, 0.15) is 17.3 Å². The number of nitrogens with zero attached hydrogens (tertiary/aromatic N) is 2. The molecule has 1 N–H and O–H groups in total. The second-order valence-corrected chi connectivity index (χ2v) is 6.91. The van der Waals surface area contributed by atoms with Gasteiger partial charge < -0.3 is 14.6 Å². The van der Waals surface area contributed by atoms with E-state index in [-0.39, 0.29) is 18.8 Å². The number of aliphatic hydroxyl groups is 1. The summed E-state index contributed by atoms with van der Waals surface area (Å²) in [4.78, 5) is 23.4. The molecule has 0 aliphatic rings. The van der Waals surface area contributed by atoms with Crippen molar-refractivity contribution in [1.82, 2.24) is 0 Å². The molecule has 0 bridgehead atoms. The third kappa shape index (κ3) is 6.32. The molecule has 0 amide bonds. The number of azo groups is 1. The molecule has 3 aromatic carbocycles. The molecular weight excluding hydrogens is 396 g/mol. The van der Waals surface area contributed by atoms with Crippen LogP contribution in [-0.4, -0.2) is 36.4 Å². The third-order valence-corrected chi connectivity index (χ3v) is 4.28. The first-order chi connectivity index (χ1) is 14.9. The normalized spacial score (nSPS) is 11.9. The summed E-state index contributed by atoms with van der Waals surface area (Å²) in [5.74, 6) is -1.22. The standard InChI is InChI=1S/C24H22N2O5/c1-16(2)23(28)30-14-22(27)15-31-24(29)18-8-10-20(11-9-18)25-26-21-12-7-17-5-3-4-6-19(17)13-21/h3-13,22,27H,1,14-15H2,2H3. The highest BCUT2D eigenvalue weighted by atomic mass is 16.6. The van der Waals surface area contributed by atoms with Crippen LogP contribution in [0.2, 0.25) is 0 Å². The van der Waals surface area contributed by atoms with E-state index < -0.39 is 18.0 Å². The number of esters is 2. The molecule has 0 fully saturated rings. The zero-order valence-electron chi connectivity index (χ0n) is 17.0.